The molecule has 1 aromatic heterocycles. The zero-order valence-electron chi connectivity index (χ0n) is 13.0. The summed E-state index contributed by atoms with van der Waals surface area (Å²) >= 11 is 0. The Kier molecular flexibility index (Phi) is 5.41. The van der Waals surface area contributed by atoms with E-state index in [2.05, 4.69) is 15.6 Å². The third-order valence-electron chi connectivity index (χ3n) is 3.29. The van der Waals surface area contributed by atoms with Crippen molar-refractivity contribution in [1.29, 1.82) is 0 Å². The maximum Gasteiger partial charge on any atom is 0.274 e. The number of nitrogens with zero attached hydrogens (tertiary/aromatic N) is 1. The van der Waals surface area contributed by atoms with Crippen LogP contribution in [0.3, 0.4) is 0 Å². The highest BCUT2D eigenvalue weighted by Gasteiger charge is 2.14. The van der Waals surface area contributed by atoms with E-state index in [0.29, 0.717) is 5.69 Å². The Morgan fingerprint density at radius 2 is 1.78 bits per heavy atom. The lowest BCUT2D eigenvalue weighted by molar-refractivity contribution is 0.0934. The minimum Gasteiger partial charge on any atom is -0.348 e. The van der Waals surface area contributed by atoms with Crippen LogP contribution in [0.15, 0.2) is 42.5 Å². The quantitative estimate of drug-likeness (QED) is 0.891. The fraction of sp³-hybridized carbons (Fsp3) is 0.235. The average molecular weight is 315 g/mol. The molecular weight excluding hydrogens is 297 g/mol. The second kappa shape index (κ2) is 7.49. The van der Waals surface area contributed by atoms with Crippen LogP contribution in [0.25, 0.3) is 0 Å². The molecule has 120 valence electrons. The molecular formula is C17H18FN3O2. The molecule has 1 unspecified atom stereocenters. The Balaban J connectivity index is 2.12. The molecule has 0 radical (unpaired) electrons. The maximum atomic E-state index is 13.1. The molecule has 0 bridgehead atoms. The van der Waals surface area contributed by atoms with Crippen LogP contribution in [0.2, 0.25) is 0 Å². The van der Waals surface area contributed by atoms with Crippen molar-refractivity contribution >= 4 is 17.5 Å². The Bertz CT molecular complexity index is 718. The number of rotatable bonds is 5. The van der Waals surface area contributed by atoms with Crippen LogP contribution in [0.5, 0.6) is 0 Å². The van der Waals surface area contributed by atoms with E-state index in [1.165, 1.54) is 30.3 Å². The standard InChI is InChI=1S/C17H18FN3O2/c1-3-11(2)19-16(22)14-8-5-9-15(21-14)17(23)20-13-7-4-6-12(18)10-13/h4-11H,3H2,1-2H3,(H,19,22)(H,20,23). The van der Waals surface area contributed by atoms with Gasteiger partial charge in [-0.25, -0.2) is 9.37 Å². The minimum atomic E-state index is -0.506. The number of amides is 2. The molecule has 23 heavy (non-hydrogen) atoms. The number of benzene rings is 1. The molecule has 0 saturated heterocycles. The fourth-order valence-electron chi connectivity index (χ4n) is 1.85. The van der Waals surface area contributed by atoms with Gasteiger partial charge >= 0.3 is 0 Å². The van der Waals surface area contributed by atoms with Crippen LogP contribution in [0, 0.1) is 5.82 Å². The molecule has 0 saturated carbocycles. The monoisotopic (exact) mass is 315 g/mol. The number of nitrogens with one attached hydrogen (secondary N) is 2. The van der Waals surface area contributed by atoms with Crippen molar-refractivity contribution in [3.05, 3.63) is 59.7 Å². The van der Waals surface area contributed by atoms with Crippen LogP contribution in [0.4, 0.5) is 10.1 Å². The van der Waals surface area contributed by atoms with Crippen LogP contribution in [0.1, 0.15) is 41.2 Å². The van der Waals surface area contributed by atoms with Gasteiger partial charge in [-0.05, 0) is 43.7 Å². The molecule has 0 fully saturated rings. The average Bonchev–Trinajstić information content (AvgIpc) is 2.54. The summed E-state index contributed by atoms with van der Waals surface area (Å²) in [7, 11) is 0. The highest BCUT2D eigenvalue weighted by atomic mass is 19.1. The summed E-state index contributed by atoms with van der Waals surface area (Å²) in [6.45, 7) is 3.85. The van der Waals surface area contributed by atoms with Crippen molar-refractivity contribution in [2.75, 3.05) is 5.32 Å². The van der Waals surface area contributed by atoms with Gasteiger partial charge in [0.1, 0.15) is 17.2 Å². The molecule has 5 nitrogen and oxygen atoms in total. The topological polar surface area (TPSA) is 71.1 Å². The number of hydrogen-bond acceptors (Lipinski definition) is 3. The zero-order chi connectivity index (χ0) is 16.8. The molecule has 0 spiro atoms. The van der Waals surface area contributed by atoms with Crippen molar-refractivity contribution < 1.29 is 14.0 Å². The van der Waals surface area contributed by atoms with Crippen molar-refractivity contribution in [2.24, 2.45) is 0 Å². The van der Waals surface area contributed by atoms with E-state index >= 15 is 0 Å². The van der Waals surface area contributed by atoms with Gasteiger partial charge in [0.05, 0.1) is 0 Å². The fourth-order valence-corrected chi connectivity index (χ4v) is 1.85. The van der Waals surface area contributed by atoms with E-state index in [1.807, 2.05) is 13.8 Å². The van der Waals surface area contributed by atoms with Crippen molar-refractivity contribution in [3.63, 3.8) is 0 Å². The van der Waals surface area contributed by atoms with Gasteiger partial charge in [-0.1, -0.05) is 19.1 Å². The molecule has 2 aromatic rings. The normalized spacial score (nSPS) is 11.6. The van der Waals surface area contributed by atoms with Crippen LogP contribution in [-0.4, -0.2) is 22.8 Å². The van der Waals surface area contributed by atoms with Gasteiger partial charge < -0.3 is 10.6 Å². The predicted molar refractivity (Wildman–Crippen MR) is 85.8 cm³/mol. The molecule has 2 N–H and O–H groups in total. The lowest BCUT2D eigenvalue weighted by Crippen LogP contribution is -2.32. The molecule has 1 aromatic carbocycles. The summed E-state index contributed by atoms with van der Waals surface area (Å²) in [5.74, 6) is -1.29. The molecule has 2 rings (SSSR count). The number of anilines is 1. The summed E-state index contributed by atoms with van der Waals surface area (Å²) in [6.07, 6.45) is 0.797. The van der Waals surface area contributed by atoms with Gasteiger partial charge in [-0.15, -0.1) is 0 Å². The van der Waals surface area contributed by atoms with Gasteiger partial charge in [0.2, 0.25) is 0 Å². The number of pyridine rings is 1. The Labute approximate surface area is 133 Å². The van der Waals surface area contributed by atoms with Gasteiger partial charge in [0, 0.05) is 11.7 Å². The first-order chi connectivity index (χ1) is 11.0. The molecule has 6 heteroatoms. The van der Waals surface area contributed by atoms with Crippen molar-refractivity contribution in [2.45, 2.75) is 26.3 Å². The maximum absolute atomic E-state index is 13.1. The van der Waals surface area contributed by atoms with Crippen LogP contribution >= 0.6 is 0 Å². The Hall–Kier alpha value is -2.76. The van der Waals surface area contributed by atoms with Gasteiger partial charge in [-0.3, -0.25) is 9.59 Å². The first kappa shape index (κ1) is 16.6. The molecule has 1 heterocycles. The van der Waals surface area contributed by atoms with Gasteiger partial charge in [0.15, 0.2) is 0 Å². The first-order valence-electron chi connectivity index (χ1n) is 7.34. The number of carbonyl (C=O) groups excluding carboxylic acids is 2. The summed E-state index contributed by atoms with van der Waals surface area (Å²) < 4.78 is 13.1. The highest BCUT2D eigenvalue weighted by molar-refractivity contribution is 6.03. The lowest BCUT2D eigenvalue weighted by Gasteiger charge is -2.11. The summed E-state index contributed by atoms with van der Waals surface area (Å²) in [5.41, 5.74) is 0.578. The van der Waals surface area contributed by atoms with E-state index in [0.717, 1.165) is 6.42 Å². The smallest absolute Gasteiger partial charge is 0.274 e. The van der Waals surface area contributed by atoms with Crippen molar-refractivity contribution in [1.82, 2.24) is 10.3 Å². The third-order valence-corrected chi connectivity index (χ3v) is 3.29. The lowest BCUT2D eigenvalue weighted by atomic mass is 10.2. The van der Waals surface area contributed by atoms with Crippen molar-refractivity contribution in [3.8, 4) is 0 Å². The molecule has 0 aliphatic rings. The van der Waals surface area contributed by atoms with E-state index < -0.39 is 11.7 Å². The number of aromatic nitrogens is 1. The van der Waals surface area contributed by atoms with E-state index in [-0.39, 0.29) is 23.3 Å². The summed E-state index contributed by atoms with van der Waals surface area (Å²) in [6, 6.07) is 10.2. The minimum absolute atomic E-state index is 0.0223. The molecule has 0 aliphatic heterocycles. The van der Waals surface area contributed by atoms with Crippen LogP contribution in [-0.2, 0) is 0 Å². The van der Waals surface area contributed by atoms with E-state index in [4.69, 9.17) is 0 Å². The molecule has 0 aliphatic carbocycles. The Morgan fingerprint density at radius 3 is 2.43 bits per heavy atom. The number of halogens is 1. The molecule has 1 atom stereocenters. The Morgan fingerprint density at radius 1 is 1.13 bits per heavy atom. The number of carbonyl (C=O) groups is 2. The van der Waals surface area contributed by atoms with Gasteiger partial charge in [-0.2, -0.15) is 0 Å². The first-order valence-corrected chi connectivity index (χ1v) is 7.34. The van der Waals surface area contributed by atoms with E-state index in [1.54, 1.807) is 12.1 Å². The second-order valence-corrected chi connectivity index (χ2v) is 5.16. The van der Waals surface area contributed by atoms with E-state index in [9.17, 15) is 14.0 Å². The number of hydrogen-bond donors (Lipinski definition) is 2. The SMILES string of the molecule is CCC(C)NC(=O)c1cccc(C(=O)Nc2cccc(F)c2)n1. The third kappa shape index (κ3) is 4.60. The van der Waals surface area contributed by atoms with Gasteiger partial charge in [0.25, 0.3) is 11.8 Å². The zero-order valence-corrected chi connectivity index (χ0v) is 13.0. The van der Waals surface area contributed by atoms with Crippen LogP contribution < -0.4 is 10.6 Å². The molecule has 2 amide bonds. The highest BCUT2D eigenvalue weighted by Crippen LogP contribution is 2.11. The summed E-state index contributed by atoms with van der Waals surface area (Å²) in [4.78, 5) is 28.2. The second-order valence-electron chi connectivity index (χ2n) is 5.16. The largest absolute Gasteiger partial charge is 0.348 e. The summed E-state index contributed by atoms with van der Waals surface area (Å²) in [5, 5.41) is 5.33. The predicted octanol–water partition coefficient (Wildman–Crippen LogP) is 3.00.